The normalized spacial score (nSPS) is 11.9. The van der Waals surface area contributed by atoms with Gasteiger partial charge in [0.2, 0.25) is 5.91 Å². The van der Waals surface area contributed by atoms with Crippen molar-refractivity contribution < 1.29 is 4.79 Å². The molecule has 0 aliphatic heterocycles. The molecule has 0 bridgehead atoms. The molecule has 3 aromatic rings. The maximum atomic E-state index is 11.2. The fraction of sp³-hybridized carbons (Fsp3) is 0.125. The molecule has 1 amide bonds. The molecule has 2 heterocycles. The number of hydrogen-bond donors (Lipinski definition) is 1. The zero-order valence-electron chi connectivity index (χ0n) is 11.8. The summed E-state index contributed by atoms with van der Waals surface area (Å²) in [6.07, 6.45) is 2.59. The van der Waals surface area contributed by atoms with Crippen LogP contribution in [0.5, 0.6) is 0 Å². The van der Waals surface area contributed by atoms with Crippen molar-refractivity contribution in [3.05, 3.63) is 47.8 Å². The molecule has 1 aromatic carbocycles. The van der Waals surface area contributed by atoms with E-state index < -0.39 is 0 Å². The lowest BCUT2D eigenvalue weighted by atomic mass is 10.2. The van der Waals surface area contributed by atoms with Gasteiger partial charge in [-0.25, -0.2) is 15.0 Å². The molecule has 22 heavy (non-hydrogen) atoms. The Morgan fingerprint density at radius 3 is 2.82 bits per heavy atom. The Bertz CT molecular complexity index is 873. The van der Waals surface area contributed by atoms with Gasteiger partial charge >= 0.3 is 0 Å². The van der Waals surface area contributed by atoms with Crippen molar-refractivity contribution in [2.45, 2.75) is 13.3 Å². The Hall–Kier alpha value is -2.60. The first-order valence-electron chi connectivity index (χ1n) is 6.90. The number of rotatable bonds is 2. The van der Waals surface area contributed by atoms with Crippen LogP contribution in [0.3, 0.4) is 0 Å². The number of carbonyl (C=O) groups is 1. The minimum absolute atomic E-state index is 0.111. The van der Waals surface area contributed by atoms with Gasteiger partial charge in [0.05, 0.1) is 16.3 Å². The average Bonchev–Trinajstić information content (AvgIpc) is 3.04. The highest BCUT2D eigenvalue weighted by Gasteiger charge is 2.26. The summed E-state index contributed by atoms with van der Waals surface area (Å²) in [5.41, 5.74) is 3.97. The predicted molar refractivity (Wildman–Crippen MR) is 85.7 cm³/mol. The fourth-order valence-corrected chi connectivity index (χ4v) is 3.55. The topological polar surface area (TPSA) is 67.8 Å². The highest BCUT2D eigenvalue weighted by molar-refractivity contribution is 7.19. The summed E-state index contributed by atoms with van der Waals surface area (Å²) in [6, 6.07) is 9.90. The number of aromatic nitrogens is 3. The number of hydrogen-bond acceptors (Lipinski definition) is 5. The predicted octanol–water partition coefficient (Wildman–Crippen LogP) is 3.13. The minimum atomic E-state index is -0.111. The molecule has 1 aliphatic rings. The molecule has 108 valence electrons. The number of thiazole rings is 1. The molecule has 0 atom stereocenters. The molecule has 0 fully saturated rings. The lowest BCUT2D eigenvalue weighted by molar-refractivity contribution is -0.114. The smallest absolute Gasteiger partial charge is 0.223 e. The molecular formula is C16H12N4OS. The van der Waals surface area contributed by atoms with Crippen LogP contribution in [0.25, 0.3) is 22.0 Å². The summed E-state index contributed by atoms with van der Waals surface area (Å²) in [5.74, 6) is 0.599. The SMILES string of the molecule is CC(=O)Nc1nc2c(s1)-c1nc(-c3ccccc3)ncc1C2. The van der Waals surface area contributed by atoms with Gasteiger partial charge in [-0.15, -0.1) is 0 Å². The summed E-state index contributed by atoms with van der Waals surface area (Å²) in [7, 11) is 0. The maximum absolute atomic E-state index is 11.2. The van der Waals surface area contributed by atoms with Gasteiger partial charge in [-0.3, -0.25) is 4.79 Å². The molecule has 1 aliphatic carbocycles. The van der Waals surface area contributed by atoms with Crippen molar-refractivity contribution in [2.75, 3.05) is 5.32 Å². The van der Waals surface area contributed by atoms with Crippen LogP contribution in [0.2, 0.25) is 0 Å². The first kappa shape index (κ1) is 13.1. The third-order valence-corrected chi connectivity index (χ3v) is 4.47. The summed E-state index contributed by atoms with van der Waals surface area (Å²) >= 11 is 1.46. The summed E-state index contributed by atoms with van der Waals surface area (Å²) in [4.78, 5) is 25.8. The second kappa shape index (κ2) is 4.99. The number of amides is 1. The van der Waals surface area contributed by atoms with Gasteiger partial charge < -0.3 is 5.32 Å². The van der Waals surface area contributed by atoms with Gasteiger partial charge in [0.25, 0.3) is 0 Å². The largest absolute Gasteiger partial charge is 0.302 e. The molecule has 0 saturated carbocycles. The van der Waals surface area contributed by atoms with E-state index in [0.29, 0.717) is 11.0 Å². The van der Waals surface area contributed by atoms with E-state index in [1.165, 1.54) is 18.3 Å². The fourth-order valence-electron chi connectivity index (χ4n) is 2.50. The summed E-state index contributed by atoms with van der Waals surface area (Å²) in [5, 5.41) is 3.36. The third-order valence-electron chi connectivity index (χ3n) is 3.45. The first-order valence-corrected chi connectivity index (χ1v) is 7.71. The van der Waals surface area contributed by atoms with E-state index >= 15 is 0 Å². The Balaban J connectivity index is 1.77. The molecule has 0 unspecified atom stereocenters. The Labute approximate surface area is 131 Å². The van der Waals surface area contributed by atoms with E-state index in [2.05, 4.69) is 15.3 Å². The quantitative estimate of drug-likeness (QED) is 0.618. The van der Waals surface area contributed by atoms with Crippen molar-refractivity contribution in [3.63, 3.8) is 0 Å². The molecule has 2 aromatic heterocycles. The van der Waals surface area contributed by atoms with Crippen molar-refractivity contribution in [1.82, 2.24) is 15.0 Å². The Morgan fingerprint density at radius 2 is 2.05 bits per heavy atom. The van der Waals surface area contributed by atoms with Crippen LogP contribution < -0.4 is 5.32 Å². The standard InChI is InChI=1S/C16H12N4OS/c1-9(21)18-16-19-12-7-11-8-17-15(10-5-3-2-4-6-10)20-13(11)14(12)22-16/h2-6,8H,7H2,1H3,(H,18,19,21). The lowest BCUT2D eigenvalue weighted by Gasteiger charge is -2.03. The van der Waals surface area contributed by atoms with Crippen LogP contribution in [-0.4, -0.2) is 20.9 Å². The molecule has 5 nitrogen and oxygen atoms in total. The zero-order chi connectivity index (χ0) is 15.1. The number of carbonyl (C=O) groups excluding carboxylic acids is 1. The average molecular weight is 308 g/mol. The second-order valence-electron chi connectivity index (χ2n) is 5.09. The van der Waals surface area contributed by atoms with Crippen molar-refractivity contribution >= 4 is 22.4 Å². The second-order valence-corrected chi connectivity index (χ2v) is 6.09. The molecular weight excluding hydrogens is 296 g/mol. The lowest BCUT2D eigenvalue weighted by Crippen LogP contribution is -2.05. The van der Waals surface area contributed by atoms with Crippen molar-refractivity contribution in [2.24, 2.45) is 0 Å². The number of nitrogens with zero attached hydrogens (tertiary/aromatic N) is 3. The van der Waals surface area contributed by atoms with E-state index in [4.69, 9.17) is 4.98 Å². The number of fused-ring (bicyclic) bond motifs is 3. The third kappa shape index (κ3) is 2.17. The van der Waals surface area contributed by atoms with E-state index in [0.717, 1.165) is 33.8 Å². The van der Waals surface area contributed by atoms with E-state index in [1.54, 1.807) is 0 Å². The van der Waals surface area contributed by atoms with Gasteiger partial charge in [0, 0.05) is 30.7 Å². The molecule has 0 radical (unpaired) electrons. The summed E-state index contributed by atoms with van der Waals surface area (Å²) < 4.78 is 0. The van der Waals surface area contributed by atoms with Crippen molar-refractivity contribution in [3.8, 4) is 22.0 Å². The number of anilines is 1. The van der Waals surface area contributed by atoms with E-state index in [9.17, 15) is 4.79 Å². The van der Waals surface area contributed by atoms with Crippen LogP contribution >= 0.6 is 11.3 Å². The number of nitrogens with one attached hydrogen (secondary N) is 1. The van der Waals surface area contributed by atoms with Gasteiger partial charge in [0.1, 0.15) is 0 Å². The minimum Gasteiger partial charge on any atom is -0.302 e. The highest BCUT2D eigenvalue weighted by atomic mass is 32.1. The van der Waals surface area contributed by atoms with Gasteiger partial charge in [-0.2, -0.15) is 0 Å². The van der Waals surface area contributed by atoms with Gasteiger partial charge in [0.15, 0.2) is 11.0 Å². The van der Waals surface area contributed by atoms with E-state index in [1.807, 2.05) is 36.5 Å². The van der Waals surface area contributed by atoms with Gasteiger partial charge in [-0.05, 0) is 0 Å². The van der Waals surface area contributed by atoms with Crippen LogP contribution in [0.15, 0.2) is 36.5 Å². The summed E-state index contributed by atoms with van der Waals surface area (Å²) in [6.45, 7) is 1.48. The monoisotopic (exact) mass is 308 g/mol. The molecule has 6 heteroatoms. The van der Waals surface area contributed by atoms with Crippen LogP contribution in [0, 0.1) is 0 Å². The van der Waals surface area contributed by atoms with Crippen LogP contribution in [0.1, 0.15) is 18.2 Å². The molecule has 1 N–H and O–H groups in total. The van der Waals surface area contributed by atoms with Gasteiger partial charge in [-0.1, -0.05) is 41.7 Å². The molecule has 0 spiro atoms. The first-order chi connectivity index (χ1) is 10.7. The highest BCUT2D eigenvalue weighted by Crippen LogP contribution is 2.41. The Morgan fingerprint density at radius 1 is 1.23 bits per heavy atom. The Kier molecular flexibility index (Phi) is 2.97. The number of benzene rings is 1. The molecule has 0 saturated heterocycles. The van der Waals surface area contributed by atoms with Crippen molar-refractivity contribution in [1.29, 1.82) is 0 Å². The van der Waals surface area contributed by atoms with Crippen LogP contribution in [0.4, 0.5) is 5.13 Å². The zero-order valence-corrected chi connectivity index (χ0v) is 12.6. The van der Waals surface area contributed by atoms with E-state index in [-0.39, 0.29) is 5.91 Å². The molecule has 4 rings (SSSR count). The maximum Gasteiger partial charge on any atom is 0.223 e. The van der Waals surface area contributed by atoms with Crippen LogP contribution in [-0.2, 0) is 11.2 Å².